The van der Waals surface area contributed by atoms with Gasteiger partial charge < -0.3 is 10.4 Å². The Balaban J connectivity index is 2.53. The highest BCUT2D eigenvalue weighted by atomic mass is 16.3. The Bertz CT molecular complexity index is 360. The van der Waals surface area contributed by atoms with Crippen molar-refractivity contribution in [1.82, 2.24) is 0 Å². The summed E-state index contributed by atoms with van der Waals surface area (Å²) in [4.78, 5) is 0. The van der Waals surface area contributed by atoms with Gasteiger partial charge in [0.15, 0.2) is 0 Å². The molecule has 0 amide bonds. The Morgan fingerprint density at radius 2 is 2.07 bits per heavy atom. The second-order valence-corrected chi connectivity index (χ2v) is 4.34. The lowest BCUT2D eigenvalue weighted by atomic mass is 9.92. The third-order valence-electron chi connectivity index (χ3n) is 2.84. The first-order chi connectivity index (χ1) is 6.58. The number of anilines is 1. The van der Waals surface area contributed by atoms with Crippen molar-refractivity contribution in [3.8, 4) is 0 Å². The molecule has 1 aromatic carbocycles. The van der Waals surface area contributed by atoms with Gasteiger partial charge in [0, 0.05) is 17.3 Å². The third kappa shape index (κ3) is 1.50. The monoisotopic (exact) mass is 191 g/mol. The van der Waals surface area contributed by atoms with Crippen molar-refractivity contribution in [2.45, 2.75) is 39.3 Å². The van der Waals surface area contributed by atoms with Crippen LogP contribution in [0.5, 0.6) is 0 Å². The van der Waals surface area contributed by atoms with Gasteiger partial charge in [-0.25, -0.2) is 0 Å². The molecule has 14 heavy (non-hydrogen) atoms. The average Bonchev–Trinajstić information content (AvgIpc) is 2.07. The van der Waals surface area contributed by atoms with Crippen LogP contribution in [0, 0.1) is 13.8 Å². The molecule has 0 fully saturated rings. The quantitative estimate of drug-likeness (QED) is 0.660. The first-order valence-corrected chi connectivity index (χ1v) is 5.13. The first kappa shape index (κ1) is 9.53. The molecule has 0 radical (unpaired) electrons. The molecule has 1 aromatic rings. The van der Waals surface area contributed by atoms with Crippen LogP contribution in [0.1, 0.15) is 36.1 Å². The van der Waals surface area contributed by atoms with E-state index in [1.54, 1.807) is 0 Å². The maximum atomic E-state index is 9.94. The average molecular weight is 191 g/mol. The van der Waals surface area contributed by atoms with E-state index in [1.807, 2.05) is 0 Å². The van der Waals surface area contributed by atoms with Crippen molar-refractivity contribution < 1.29 is 5.11 Å². The number of fused-ring (bicyclic) bond motifs is 1. The molecular weight excluding hydrogens is 174 g/mol. The van der Waals surface area contributed by atoms with Crippen LogP contribution < -0.4 is 5.32 Å². The molecule has 1 heterocycles. The number of hydrogen-bond donors (Lipinski definition) is 2. The Morgan fingerprint density at radius 3 is 2.79 bits per heavy atom. The van der Waals surface area contributed by atoms with E-state index in [-0.39, 0.29) is 6.10 Å². The highest BCUT2D eigenvalue weighted by molar-refractivity contribution is 5.61. The molecule has 0 unspecified atom stereocenters. The van der Waals surface area contributed by atoms with Crippen molar-refractivity contribution in [1.29, 1.82) is 0 Å². The lowest BCUT2D eigenvalue weighted by molar-refractivity contribution is 0.158. The van der Waals surface area contributed by atoms with Crippen LogP contribution in [-0.4, -0.2) is 11.1 Å². The zero-order valence-corrected chi connectivity index (χ0v) is 8.96. The summed E-state index contributed by atoms with van der Waals surface area (Å²) in [5.74, 6) is 0. The largest absolute Gasteiger partial charge is 0.388 e. The molecule has 0 aromatic heterocycles. The lowest BCUT2D eigenvalue weighted by Crippen LogP contribution is -2.26. The number of aliphatic hydroxyl groups is 1. The van der Waals surface area contributed by atoms with Gasteiger partial charge in [-0.1, -0.05) is 17.7 Å². The zero-order valence-electron chi connectivity index (χ0n) is 8.96. The van der Waals surface area contributed by atoms with E-state index in [2.05, 4.69) is 38.2 Å². The summed E-state index contributed by atoms with van der Waals surface area (Å²) in [5.41, 5.74) is 4.63. The first-order valence-electron chi connectivity index (χ1n) is 5.13. The van der Waals surface area contributed by atoms with Gasteiger partial charge in [0.2, 0.25) is 0 Å². The van der Waals surface area contributed by atoms with Gasteiger partial charge in [-0.2, -0.15) is 0 Å². The van der Waals surface area contributed by atoms with Gasteiger partial charge in [0.05, 0.1) is 6.10 Å². The number of rotatable bonds is 0. The van der Waals surface area contributed by atoms with Gasteiger partial charge >= 0.3 is 0 Å². The van der Waals surface area contributed by atoms with Gasteiger partial charge in [-0.05, 0) is 32.8 Å². The summed E-state index contributed by atoms with van der Waals surface area (Å²) < 4.78 is 0. The Labute approximate surface area is 85.0 Å². The molecule has 1 aliphatic rings. The van der Waals surface area contributed by atoms with Crippen molar-refractivity contribution in [2.24, 2.45) is 0 Å². The zero-order chi connectivity index (χ0) is 10.3. The molecular formula is C12H17NO. The number of benzene rings is 1. The van der Waals surface area contributed by atoms with Crippen LogP contribution in [0.4, 0.5) is 5.69 Å². The predicted molar refractivity (Wildman–Crippen MR) is 58.6 cm³/mol. The minimum Gasteiger partial charge on any atom is -0.388 e. The second-order valence-electron chi connectivity index (χ2n) is 4.34. The SMILES string of the molecule is Cc1cc(C)c2c(c1)[C@H](O)C[C@H](C)N2. The molecule has 2 nitrogen and oxygen atoms in total. The summed E-state index contributed by atoms with van der Waals surface area (Å²) in [7, 11) is 0. The van der Waals surface area contributed by atoms with E-state index in [9.17, 15) is 5.11 Å². The minimum atomic E-state index is -0.306. The number of aryl methyl sites for hydroxylation is 2. The summed E-state index contributed by atoms with van der Waals surface area (Å²) >= 11 is 0. The van der Waals surface area contributed by atoms with Crippen molar-refractivity contribution >= 4 is 5.69 Å². The standard InChI is InChI=1S/C12H17NO/c1-7-4-8(2)12-10(5-7)11(14)6-9(3)13-12/h4-5,9,11,13-14H,6H2,1-3H3/t9-,11+/m0/s1. The summed E-state index contributed by atoms with van der Waals surface area (Å²) in [6.45, 7) is 6.26. The molecule has 76 valence electrons. The predicted octanol–water partition coefficient (Wildman–Crippen LogP) is 2.54. The third-order valence-corrected chi connectivity index (χ3v) is 2.84. The van der Waals surface area contributed by atoms with Crippen molar-refractivity contribution in [3.05, 3.63) is 28.8 Å². The fraction of sp³-hybridized carbons (Fsp3) is 0.500. The van der Waals surface area contributed by atoms with Crippen LogP contribution in [0.15, 0.2) is 12.1 Å². The van der Waals surface area contributed by atoms with Crippen LogP contribution in [0.3, 0.4) is 0 Å². The Hall–Kier alpha value is -1.02. The molecule has 2 heteroatoms. The van der Waals surface area contributed by atoms with Crippen LogP contribution in [0.25, 0.3) is 0 Å². The van der Waals surface area contributed by atoms with Crippen molar-refractivity contribution in [2.75, 3.05) is 5.32 Å². The summed E-state index contributed by atoms with van der Waals surface area (Å²) in [5, 5.41) is 13.4. The second kappa shape index (κ2) is 3.28. The van der Waals surface area contributed by atoms with Crippen LogP contribution in [0.2, 0.25) is 0 Å². The van der Waals surface area contributed by atoms with Crippen molar-refractivity contribution in [3.63, 3.8) is 0 Å². The molecule has 0 saturated carbocycles. The van der Waals surface area contributed by atoms with E-state index in [4.69, 9.17) is 0 Å². The van der Waals surface area contributed by atoms with E-state index in [1.165, 1.54) is 11.1 Å². The normalized spacial score (nSPS) is 25.4. The molecule has 0 bridgehead atoms. The molecule has 1 aliphatic heterocycles. The highest BCUT2D eigenvalue weighted by Crippen LogP contribution is 2.35. The molecule has 2 rings (SSSR count). The maximum Gasteiger partial charge on any atom is 0.0829 e. The molecule has 0 saturated heterocycles. The summed E-state index contributed by atoms with van der Waals surface area (Å²) in [6.07, 6.45) is 0.496. The van der Waals surface area contributed by atoms with Gasteiger partial charge in [0.25, 0.3) is 0 Å². The molecule has 2 atom stereocenters. The smallest absolute Gasteiger partial charge is 0.0829 e. The van der Waals surface area contributed by atoms with Crippen LogP contribution >= 0.6 is 0 Å². The van der Waals surface area contributed by atoms with Gasteiger partial charge in [0.1, 0.15) is 0 Å². The fourth-order valence-electron chi connectivity index (χ4n) is 2.23. The molecule has 2 N–H and O–H groups in total. The van der Waals surface area contributed by atoms with Gasteiger partial charge in [-0.15, -0.1) is 0 Å². The van der Waals surface area contributed by atoms with E-state index in [0.717, 1.165) is 17.7 Å². The maximum absolute atomic E-state index is 9.94. The number of aliphatic hydroxyl groups excluding tert-OH is 1. The van der Waals surface area contributed by atoms with E-state index >= 15 is 0 Å². The molecule has 0 spiro atoms. The van der Waals surface area contributed by atoms with E-state index in [0.29, 0.717) is 6.04 Å². The highest BCUT2D eigenvalue weighted by Gasteiger charge is 2.23. The topological polar surface area (TPSA) is 32.3 Å². The van der Waals surface area contributed by atoms with E-state index < -0.39 is 0 Å². The Kier molecular flexibility index (Phi) is 2.23. The Morgan fingerprint density at radius 1 is 1.36 bits per heavy atom. The fourth-order valence-corrected chi connectivity index (χ4v) is 2.23. The number of nitrogens with one attached hydrogen (secondary N) is 1. The summed E-state index contributed by atoms with van der Waals surface area (Å²) in [6, 6.07) is 4.58. The van der Waals surface area contributed by atoms with Crippen LogP contribution in [-0.2, 0) is 0 Å². The molecule has 0 aliphatic carbocycles. The van der Waals surface area contributed by atoms with Gasteiger partial charge in [-0.3, -0.25) is 0 Å². The number of hydrogen-bond acceptors (Lipinski definition) is 2. The minimum absolute atomic E-state index is 0.306. The lowest BCUT2D eigenvalue weighted by Gasteiger charge is -2.30.